The van der Waals surface area contributed by atoms with Gasteiger partial charge in [-0.2, -0.15) is 0 Å². The number of halogens is 1. The van der Waals surface area contributed by atoms with Gasteiger partial charge in [0.25, 0.3) is 0 Å². The van der Waals surface area contributed by atoms with Crippen LogP contribution in [0.1, 0.15) is 32.8 Å². The molecular weight excluding hydrogens is 369 g/mol. The van der Waals surface area contributed by atoms with E-state index in [1.807, 2.05) is 32.0 Å². The predicted molar refractivity (Wildman–Crippen MR) is 113 cm³/mol. The zero-order valence-corrected chi connectivity index (χ0v) is 18.1. The molecule has 0 unspecified atom stereocenters. The third-order valence-corrected chi connectivity index (χ3v) is 6.56. The van der Waals surface area contributed by atoms with Crippen molar-refractivity contribution in [2.24, 2.45) is 5.92 Å². The number of fused-ring (bicyclic) bond motifs is 1. The van der Waals surface area contributed by atoms with Crippen molar-refractivity contribution in [2.75, 3.05) is 20.2 Å². The number of ether oxygens (including phenoxy) is 3. The molecule has 160 valence electrons. The first-order chi connectivity index (χ1) is 13.9. The molecule has 4 rings (SSSR count). The molecule has 2 saturated heterocycles. The first kappa shape index (κ1) is 22.2. The number of hydrogen-bond donors (Lipinski definition) is 0. The summed E-state index contributed by atoms with van der Waals surface area (Å²) in [6.45, 7) is 13.7. The van der Waals surface area contributed by atoms with Gasteiger partial charge in [-0.05, 0) is 38.3 Å². The lowest BCUT2D eigenvalue weighted by molar-refractivity contribution is -0.389. The average molecular weight is 404 g/mol. The third-order valence-electron chi connectivity index (χ3n) is 6.56. The lowest BCUT2D eigenvalue weighted by atomic mass is 9.83. The predicted octanol–water partition coefficient (Wildman–Crippen LogP) is 4.51. The van der Waals surface area contributed by atoms with Gasteiger partial charge in [0.15, 0.2) is 5.79 Å². The van der Waals surface area contributed by atoms with Crippen LogP contribution in [0.25, 0.3) is 0 Å². The van der Waals surface area contributed by atoms with E-state index in [2.05, 4.69) is 36.3 Å². The number of nitrogens with zero attached hydrogens (tertiary/aromatic N) is 1. The Labute approximate surface area is 174 Å². The van der Waals surface area contributed by atoms with Crippen LogP contribution in [-0.2, 0) is 20.8 Å². The summed E-state index contributed by atoms with van der Waals surface area (Å²) in [5.74, 6) is -1.11. The summed E-state index contributed by atoms with van der Waals surface area (Å²) >= 11 is 0. The standard InChI is InChI=1S/C22H30FNO3.C2H4/c1-15(23)18-13-24(12-16-8-6-5-7-9-16)14-19-20(18)27-21(2,17-10-11-17)22(3,25-4)26-19;1-2/h5-10,15,18-20H,11-14H2,1-4H3;1-2H2/t15-,18-,19-,20-,21-,22+;/m1./s1. The molecule has 4 nitrogen and oxygen atoms in total. The molecule has 3 aliphatic rings. The molecular formula is C24H34FNO3. The molecule has 0 radical (unpaired) electrons. The van der Waals surface area contributed by atoms with Crippen molar-refractivity contribution >= 4 is 0 Å². The number of piperidine rings is 1. The molecule has 0 amide bonds. The number of alkyl halides is 1. The number of methoxy groups -OCH3 is 1. The van der Waals surface area contributed by atoms with E-state index in [4.69, 9.17) is 14.2 Å². The highest BCUT2D eigenvalue weighted by atomic mass is 19.1. The summed E-state index contributed by atoms with van der Waals surface area (Å²) in [5.41, 5.74) is 1.74. The Morgan fingerprint density at radius 1 is 1.21 bits per heavy atom. The van der Waals surface area contributed by atoms with Crippen molar-refractivity contribution in [3.8, 4) is 0 Å². The summed E-state index contributed by atoms with van der Waals surface area (Å²) in [7, 11) is 1.66. The van der Waals surface area contributed by atoms with Crippen molar-refractivity contribution in [3.63, 3.8) is 0 Å². The van der Waals surface area contributed by atoms with Crippen LogP contribution < -0.4 is 0 Å². The zero-order valence-electron chi connectivity index (χ0n) is 18.1. The van der Waals surface area contributed by atoms with E-state index in [9.17, 15) is 4.39 Å². The number of hydrogen-bond acceptors (Lipinski definition) is 4. The second-order valence-electron chi connectivity index (χ2n) is 8.38. The van der Waals surface area contributed by atoms with Crippen molar-refractivity contribution in [3.05, 3.63) is 60.7 Å². The van der Waals surface area contributed by atoms with Crippen molar-refractivity contribution < 1.29 is 18.6 Å². The summed E-state index contributed by atoms with van der Waals surface area (Å²) in [6.07, 6.45) is 1.59. The smallest absolute Gasteiger partial charge is 0.198 e. The Hall–Kier alpha value is -1.53. The second-order valence-corrected chi connectivity index (χ2v) is 8.38. The minimum atomic E-state index is -0.969. The monoisotopic (exact) mass is 403 g/mol. The maximum atomic E-state index is 14.6. The number of rotatable bonds is 5. The molecule has 29 heavy (non-hydrogen) atoms. The van der Waals surface area contributed by atoms with Crippen LogP contribution in [-0.4, -0.2) is 54.9 Å². The van der Waals surface area contributed by atoms with Crippen LogP contribution in [0.5, 0.6) is 0 Å². The van der Waals surface area contributed by atoms with E-state index in [-0.39, 0.29) is 18.1 Å². The number of allylic oxidation sites excluding steroid dienone is 1. The fraction of sp³-hybridized carbons (Fsp3) is 0.583. The van der Waals surface area contributed by atoms with Crippen LogP contribution in [0.3, 0.4) is 0 Å². The van der Waals surface area contributed by atoms with Gasteiger partial charge in [-0.1, -0.05) is 36.4 Å². The van der Waals surface area contributed by atoms with Gasteiger partial charge in [0, 0.05) is 32.7 Å². The Morgan fingerprint density at radius 2 is 1.86 bits per heavy atom. The Balaban J connectivity index is 0.00000117. The van der Waals surface area contributed by atoms with Gasteiger partial charge in [-0.15, -0.1) is 13.2 Å². The Bertz CT molecular complexity index is 724. The van der Waals surface area contributed by atoms with Gasteiger partial charge >= 0.3 is 0 Å². The van der Waals surface area contributed by atoms with Gasteiger partial charge in [0.1, 0.15) is 17.9 Å². The fourth-order valence-corrected chi connectivity index (χ4v) is 4.59. The lowest BCUT2D eigenvalue weighted by Gasteiger charge is -2.57. The highest BCUT2D eigenvalue weighted by molar-refractivity contribution is 5.35. The normalized spacial score (nSPS) is 37.6. The molecule has 0 saturated carbocycles. The quantitative estimate of drug-likeness (QED) is 0.677. The fourth-order valence-electron chi connectivity index (χ4n) is 4.59. The Morgan fingerprint density at radius 3 is 2.41 bits per heavy atom. The molecule has 1 aromatic rings. The molecule has 0 spiro atoms. The van der Waals surface area contributed by atoms with Crippen molar-refractivity contribution in [1.29, 1.82) is 0 Å². The van der Waals surface area contributed by atoms with Crippen LogP contribution in [0.15, 0.2) is 55.1 Å². The van der Waals surface area contributed by atoms with Crippen LogP contribution >= 0.6 is 0 Å². The molecule has 2 fully saturated rings. The highest BCUT2D eigenvalue weighted by Crippen LogP contribution is 2.50. The molecule has 0 aromatic heterocycles. The van der Waals surface area contributed by atoms with Crippen molar-refractivity contribution in [2.45, 2.75) is 63.5 Å². The summed E-state index contributed by atoms with van der Waals surface area (Å²) in [5, 5.41) is 0. The van der Waals surface area contributed by atoms with Gasteiger partial charge < -0.3 is 14.2 Å². The molecule has 5 heteroatoms. The molecule has 1 aromatic carbocycles. The van der Waals surface area contributed by atoms with E-state index in [1.165, 1.54) is 11.1 Å². The van der Waals surface area contributed by atoms with Gasteiger partial charge in [-0.3, -0.25) is 4.90 Å². The topological polar surface area (TPSA) is 30.9 Å². The lowest BCUT2D eigenvalue weighted by Crippen LogP contribution is -2.70. The summed E-state index contributed by atoms with van der Waals surface area (Å²) in [6, 6.07) is 10.3. The molecule has 2 aliphatic heterocycles. The van der Waals surface area contributed by atoms with E-state index in [1.54, 1.807) is 14.0 Å². The molecule has 0 bridgehead atoms. The van der Waals surface area contributed by atoms with E-state index in [0.29, 0.717) is 13.1 Å². The number of benzene rings is 1. The molecule has 2 heterocycles. The zero-order chi connectivity index (χ0) is 21.2. The van der Waals surface area contributed by atoms with Gasteiger partial charge in [-0.25, -0.2) is 4.39 Å². The van der Waals surface area contributed by atoms with Gasteiger partial charge in [0.05, 0.1) is 6.10 Å². The SMILES string of the molecule is C=C.CO[C@@]1(C)O[C@@H]2CN(Cc3ccccc3)C[C@H]([C@@H](C)F)[C@H]2O[C@]1(C)C1=CC1. The second kappa shape index (κ2) is 8.68. The van der Waals surface area contributed by atoms with Crippen LogP contribution in [0, 0.1) is 5.92 Å². The molecule has 1 aliphatic carbocycles. The van der Waals surface area contributed by atoms with Crippen LogP contribution in [0.2, 0.25) is 0 Å². The third kappa shape index (κ3) is 4.19. The number of likely N-dealkylation sites (tertiary alicyclic amines) is 1. The maximum Gasteiger partial charge on any atom is 0.198 e. The van der Waals surface area contributed by atoms with Crippen molar-refractivity contribution in [1.82, 2.24) is 4.90 Å². The highest BCUT2D eigenvalue weighted by Gasteiger charge is 2.61. The van der Waals surface area contributed by atoms with E-state index in [0.717, 1.165) is 13.0 Å². The minimum Gasteiger partial charge on any atom is -0.359 e. The summed E-state index contributed by atoms with van der Waals surface area (Å²) in [4.78, 5) is 2.27. The summed E-state index contributed by atoms with van der Waals surface area (Å²) < 4.78 is 33.5. The van der Waals surface area contributed by atoms with E-state index >= 15 is 0 Å². The Kier molecular flexibility index (Phi) is 6.64. The first-order valence-corrected chi connectivity index (χ1v) is 10.4. The average Bonchev–Trinajstić information content (AvgIpc) is 3.57. The minimum absolute atomic E-state index is 0.219. The maximum absolute atomic E-state index is 14.6. The largest absolute Gasteiger partial charge is 0.359 e. The van der Waals surface area contributed by atoms with E-state index < -0.39 is 17.6 Å². The molecule has 0 N–H and O–H groups in total. The van der Waals surface area contributed by atoms with Gasteiger partial charge in [0.2, 0.25) is 0 Å². The molecule has 6 atom stereocenters. The van der Waals surface area contributed by atoms with Crippen LogP contribution in [0.4, 0.5) is 4.39 Å². The first-order valence-electron chi connectivity index (χ1n) is 10.4.